The quantitative estimate of drug-likeness (QED) is 0.623. The molecule has 0 unspecified atom stereocenters. The summed E-state index contributed by atoms with van der Waals surface area (Å²) in [5.74, 6) is -1.41. The Morgan fingerprint density at radius 3 is 2.83 bits per heavy atom. The lowest BCUT2D eigenvalue weighted by Gasteiger charge is -2.07. The molecule has 0 aliphatic rings. The molecule has 2 aromatic rings. The molecule has 23 heavy (non-hydrogen) atoms. The second-order valence-corrected chi connectivity index (χ2v) is 5.56. The smallest absolute Gasteiger partial charge is 0.234 e. The average molecular weight is 338 g/mol. The maximum absolute atomic E-state index is 13.1. The summed E-state index contributed by atoms with van der Waals surface area (Å²) in [5.41, 5.74) is 0.205. The van der Waals surface area contributed by atoms with Gasteiger partial charge in [0, 0.05) is 24.7 Å². The van der Waals surface area contributed by atoms with Crippen LogP contribution in [0.15, 0.2) is 36.0 Å². The fourth-order valence-corrected chi connectivity index (χ4v) is 2.67. The lowest BCUT2D eigenvalue weighted by molar-refractivity contribution is -0.113. The van der Waals surface area contributed by atoms with Gasteiger partial charge < -0.3 is 9.88 Å². The van der Waals surface area contributed by atoms with E-state index in [-0.39, 0.29) is 17.3 Å². The van der Waals surface area contributed by atoms with Gasteiger partial charge in [-0.1, -0.05) is 24.8 Å². The van der Waals surface area contributed by atoms with Crippen LogP contribution < -0.4 is 5.32 Å². The predicted molar refractivity (Wildman–Crippen MR) is 85.3 cm³/mol. The normalized spacial score (nSPS) is 10.6. The monoisotopic (exact) mass is 338 g/mol. The number of allylic oxidation sites excluding steroid dienone is 1. The van der Waals surface area contributed by atoms with E-state index in [4.69, 9.17) is 0 Å². The number of carbonyl (C=O) groups is 1. The number of nitrogens with zero attached hydrogens (tertiary/aromatic N) is 3. The molecule has 0 aliphatic carbocycles. The van der Waals surface area contributed by atoms with E-state index in [1.165, 1.54) is 17.8 Å². The molecule has 8 heteroatoms. The first kappa shape index (κ1) is 17.1. The van der Waals surface area contributed by atoms with Crippen molar-refractivity contribution in [3.63, 3.8) is 0 Å². The average Bonchev–Trinajstić information content (AvgIpc) is 2.91. The first-order valence-electron chi connectivity index (χ1n) is 6.95. The Labute approximate surface area is 136 Å². The number of rotatable bonds is 7. The summed E-state index contributed by atoms with van der Waals surface area (Å²) >= 11 is 1.22. The van der Waals surface area contributed by atoms with E-state index in [9.17, 15) is 13.6 Å². The molecule has 5 nitrogen and oxygen atoms in total. The number of aryl methyl sites for hydroxylation is 1. The van der Waals surface area contributed by atoms with Crippen molar-refractivity contribution >= 4 is 23.4 Å². The molecule has 0 saturated carbocycles. The van der Waals surface area contributed by atoms with Crippen molar-refractivity contribution in [1.82, 2.24) is 14.8 Å². The Morgan fingerprint density at radius 1 is 1.39 bits per heavy atom. The Hall–Kier alpha value is -2.22. The Bertz CT molecular complexity index is 717. The summed E-state index contributed by atoms with van der Waals surface area (Å²) in [6, 6.07) is 3.20. The molecule has 0 fully saturated rings. The molecule has 1 heterocycles. The molecular weight excluding hydrogens is 322 g/mol. The van der Waals surface area contributed by atoms with Crippen molar-refractivity contribution in [2.75, 3.05) is 11.1 Å². The number of hydrogen-bond acceptors (Lipinski definition) is 4. The van der Waals surface area contributed by atoms with Crippen LogP contribution >= 0.6 is 11.8 Å². The number of thioether (sulfide) groups is 1. The maximum atomic E-state index is 13.1. The van der Waals surface area contributed by atoms with Crippen molar-refractivity contribution < 1.29 is 13.6 Å². The molecule has 1 amide bonds. The van der Waals surface area contributed by atoms with Crippen LogP contribution in [0.4, 0.5) is 14.5 Å². The zero-order valence-corrected chi connectivity index (χ0v) is 13.4. The second kappa shape index (κ2) is 7.87. The van der Waals surface area contributed by atoms with Gasteiger partial charge in [0.05, 0.1) is 5.75 Å². The number of benzene rings is 1. The van der Waals surface area contributed by atoms with Gasteiger partial charge in [-0.2, -0.15) is 0 Å². The van der Waals surface area contributed by atoms with Gasteiger partial charge in [0.25, 0.3) is 0 Å². The van der Waals surface area contributed by atoms with Crippen molar-refractivity contribution in [2.24, 2.45) is 0 Å². The Balaban J connectivity index is 1.97. The SMILES string of the molecule is C=CCn1c(CC)nnc1SCC(=O)Nc1ccc(F)c(F)c1. The standard InChI is InChI=1S/C15H16F2N4OS/c1-3-7-21-13(4-2)19-20-15(21)23-9-14(22)18-10-5-6-11(16)12(17)8-10/h3,5-6,8H,1,4,7,9H2,2H3,(H,18,22). The Morgan fingerprint density at radius 2 is 2.17 bits per heavy atom. The minimum atomic E-state index is -1.01. The van der Waals surface area contributed by atoms with Gasteiger partial charge in [-0.15, -0.1) is 16.8 Å². The fraction of sp³-hybridized carbons (Fsp3) is 0.267. The van der Waals surface area contributed by atoms with E-state index in [2.05, 4.69) is 22.1 Å². The lowest BCUT2D eigenvalue weighted by atomic mass is 10.3. The molecule has 1 aromatic carbocycles. The number of aromatic nitrogens is 3. The van der Waals surface area contributed by atoms with Crippen LogP contribution in [0.25, 0.3) is 0 Å². The number of hydrogen-bond donors (Lipinski definition) is 1. The summed E-state index contributed by atoms with van der Waals surface area (Å²) in [5, 5.41) is 11.2. The fourth-order valence-electron chi connectivity index (χ4n) is 1.90. The zero-order chi connectivity index (χ0) is 16.8. The topological polar surface area (TPSA) is 59.8 Å². The zero-order valence-electron chi connectivity index (χ0n) is 12.6. The van der Waals surface area contributed by atoms with E-state index in [0.717, 1.165) is 24.4 Å². The number of halogens is 2. The summed E-state index contributed by atoms with van der Waals surface area (Å²) in [6.07, 6.45) is 2.45. The minimum absolute atomic E-state index is 0.0813. The molecule has 0 saturated heterocycles. The third kappa shape index (κ3) is 4.38. The highest BCUT2D eigenvalue weighted by Crippen LogP contribution is 2.19. The van der Waals surface area contributed by atoms with Crippen LogP contribution in [-0.2, 0) is 17.8 Å². The van der Waals surface area contributed by atoms with Gasteiger partial charge in [0.2, 0.25) is 5.91 Å². The predicted octanol–water partition coefficient (Wildman–Crippen LogP) is 3.04. The summed E-state index contributed by atoms with van der Waals surface area (Å²) in [6.45, 7) is 6.21. The first-order valence-corrected chi connectivity index (χ1v) is 7.94. The molecule has 1 aromatic heterocycles. The molecule has 0 radical (unpaired) electrons. The number of carbonyl (C=O) groups excluding carboxylic acids is 1. The molecule has 0 spiro atoms. The molecule has 122 valence electrons. The van der Waals surface area contributed by atoms with Crippen molar-refractivity contribution in [2.45, 2.75) is 25.0 Å². The summed E-state index contributed by atoms with van der Waals surface area (Å²) < 4.78 is 27.8. The molecule has 0 bridgehead atoms. The third-order valence-electron chi connectivity index (χ3n) is 2.96. The minimum Gasteiger partial charge on any atom is -0.325 e. The van der Waals surface area contributed by atoms with E-state index < -0.39 is 11.6 Å². The van der Waals surface area contributed by atoms with Crippen molar-refractivity contribution in [3.8, 4) is 0 Å². The van der Waals surface area contributed by atoms with E-state index in [1.54, 1.807) is 6.08 Å². The van der Waals surface area contributed by atoms with Gasteiger partial charge in [0.1, 0.15) is 5.82 Å². The van der Waals surface area contributed by atoms with Crippen LogP contribution in [0.3, 0.4) is 0 Å². The number of amides is 1. The van der Waals surface area contributed by atoms with E-state index in [1.807, 2.05) is 11.5 Å². The van der Waals surface area contributed by atoms with E-state index >= 15 is 0 Å². The van der Waals surface area contributed by atoms with Crippen molar-refractivity contribution in [1.29, 1.82) is 0 Å². The molecular formula is C15H16F2N4OS. The van der Waals surface area contributed by atoms with Gasteiger partial charge in [0.15, 0.2) is 16.8 Å². The third-order valence-corrected chi connectivity index (χ3v) is 3.92. The summed E-state index contributed by atoms with van der Waals surface area (Å²) in [4.78, 5) is 11.9. The van der Waals surface area contributed by atoms with Gasteiger partial charge in [-0.05, 0) is 12.1 Å². The summed E-state index contributed by atoms with van der Waals surface area (Å²) in [7, 11) is 0. The first-order chi connectivity index (χ1) is 11.0. The van der Waals surface area contributed by atoms with Crippen LogP contribution in [0, 0.1) is 11.6 Å². The van der Waals surface area contributed by atoms with E-state index in [0.29, 0.717) is 11.7 Å². The highest BCUT2D eigenvalue weighted by Gasteiger charge is 2.13. The largest absolute Gasteiger partial charge is 0.325 e. The molecule has 2 rings (SSSR count). The maximum Gasteiger partial charge on any atom is 0.234 e. The molecule has 0 atom stereocenters. The highest BCUT2D eigenvalue weighted by molar-refractivity contribution is 7.99. The number of nitrogens with one attached hydrogen (secondary N) is 1. The van der Waals surface area contributed by atoms with Gasteiger partial charge in [-0.3, -0.25) is 4.79 Å². The van der Waals surface area contributed by atoms with Gasteiger partial charge in [-0.25, -0.2) is 8.78 Å². The Kier molecular flexibility index (Phi) is 5.86. The second-order valence-electron chi connectivity index (χ2n) is 4.62. The number of anilines is 1. The molecule has 1 N–H and O–H groups in total. The van der Waals surface area contributed by atoms with Crippen LogP contribution in [-0.4, -0.2) is 26.4 Å². The van der Waals surface area contributed by atoms with Crippen molar-refractivity contribution in [3.05, 3.63) is 48.3 Å². The van der Waals surface area contributed by atoms with Crippen LogP contribution in [0.1, 0.15) is 12.7 Å². The lowest BCUT2D eigenvalue weighted by Crippen LogP contribution is -2.15. The van der Waals surface area contributed by atoms with Crippen LogP contribution in [0.5, 0.6) is 0 Å². The molecule has 0 aliphatic heterocycles. The van der Waals surface area contributed by atoms with Gasteiger partial charge >= 0.3 is 0 Å². The highest BCUT2D eigenvalue weighted by atomic mass is 32.2. The van der Waals surface area contributed by atoms with Crippen LogP contribution in [0.2, 0.25) is 0 Å².